The molecule has 0 spiro atoms. The van der Waals surface area contributed by atoms with Crippen LogP contribution in [0.4, 0.5) is 5.69 Å². The summed E-state index contributed by atoms with van der Waals surface area (Å²) in [7, 11) is 0. The van der Waals surface area contributed by atoms with E-state index in [1.807, 2.05) is 19.1 Å². The van der Waals surface area contributed by atoms with Crippen molar-refractivity contribution >= 4 is 11.6 Å². The van der Waals surface area contributed by atoms with Gasteiger partial charge in [-0.3, -0.25) is 4.79 Å². The molecule has 1 amide bonds. The average Bonchev–Trinajstić information content (AvgIpc) is 2.42. The summed E-state index contributed by atoms with van der Waals surface area (Å²) in [5, 5.41) is 3.15. The molecule has 3 nitrogen and oxygen atoms in total. The van der Waals surface area contributed by atoms with E-state index < -0.39 is 0 Å². The van der Waals surface area contributed by atoms with Crippen LogP contribution in [0.1, 0.15) is 54.9 Å². The largest absolute Gasteiger partial charge is 0.399 e. The van der Waals surface area contributed by atoms with Crippen LogP contribution < -0.4 is 11.1 Å². The van der Waals surface area contributed by atoms with Gasteiger partial charge in [0.2, 0.25) is 0 Å². The minimum absolute atomic E-state index is 0.0183. The molecule has 1 aliphatic carbocycles. The molecule has 0 aliphatic heterocycles. The lowest BCUT2D eigenvalue weighted by Crippen LogP contribution is -2.37. The van der Waals surface area contributed by atoms with Gasteiger partial charge in [0.15, 0.2) is 0 Å². The Morgan fingerprint density at radius 2 is 2.00 bits per heavy atom. The quantitative estimate of drug-likeness (QED) is 0.819. The first-order chi connectivity index (χ1) is 9.10. The van der Waals surface area contributed by atoms with Crippen LogP contribution in [0.15, 0.2) is 18.2 Å². The van der Waals surface area contributed by atoms with E-state index in [4.69, 9.17) is 5.73 Å². The van der Waals surface area contributed by atoms with E-state index in [9.17, 15) is 4.79 Å². The summed E-state index contributed by atoms with van der Waals surface area (Å²) in [5.74, 6) is 0.868. The van der Waals surface area contributed by atoms with Gasteiger partial charge in [0.05, 0.1) is 0 Å². The van der Waals surface area contributed by atoms with Crippen molar-refractivity contribution < 1.29 is 4.79 Å². The lowest BCUT2D eigenvalue weighted by molar-refractivity contribution is 0.0921. The Hall–Kier alpha value is -1.51. The fraction of sp³-hybridized carbons (Fsp3) is 0.562. The molecule has 1 saturated carbocycles. The molecule has 0 heterocycles. The number of nitrogen functional groups attached to an aromatic ring is 1. The lowest BCUT2D eigenvalue weighted by atomic mass is 9.84. The minimum atomic E-state index is 0.0183. The molecule has 0 unspecified atom stereocenters. The second-order valence-corrected chi connectivity index (χ2v) is 5.67. The smallest absolute Gasteiger partial charge is 0.251 e. The molecule has 1 aliphatic rings. The molecule has 0 radical (unpaired) electrons. The monoisotopic (exact) mass is 260 g/mol. The van der Waals surface area contributed by atoms with E-state index >= 15 is 0 Å². The first-order valence-electron chi connectivity index (χ1n) is 7.27. The van der Waals surface area contributed by atoms with E-state index in [-0.39, 0.29) is 5.91 Å². The molecule has 3 N–H and O–H groups in total. The van der Waals surface area contributed by atoms with Crippen LogP contribution in [0.25, 0.3) is 0 Å². The summed E-state index contributed by atoms with van der Waals surface area (Å²) in [6.45, 7) is 4.20. The molecule has 19 heavy (non-hydrogen) atoms. The van der Waals surface area contributed by atoms with Crippen LogP contribution in [0, 0.1) is 12.8 Å². The van der Waals surface area contributed by atoms with Gasteiger partial charge in [0.25, 0.3) is 5.91 Å². The van der Waals surface area contributed by atoms with Crippen LogP contribution >= 0.6 is 0 Å². The molecule has 0 bridgehead atoms. The van der Waals surface area contributed by atoms with Gasteiger partial charge in [-0.05, 0) is 56.2 Å². The molecule has 3 heteroatoms. The Bertz CT molecular complexity index is 448. The highest BCUT2D eigenvalue weighted by Gasteiger charge is 2.22. The number of nitrogens with two attached hydrogens (primary N) is 1. The van der Waals surface area contributed by atoms with Crippen LogP contribution in [-0.2, 0) is 0 Å². The van der Waals surface area contributed by atoms with Gasteiger partial charge in [-0.25, -0.2) is 0 Å². The molecule has 1 aromatic carbocycles. The van der Waals surface area contributed by atoms with Crippen LogP contribution in [0.3, 0.4) is 0 Å². The first kappa shape index (κ1) is 13.9. The second kappa shape index (κ2) is 6.09. The zero-order chi connectivity index (χ0) is 13.8. The Morgan fingerprint density at radius 1 is 1.32 bits per heavy atom. The third-order valence-corrected chi connectivity index (χ3v) is 4.27. The molecular weight excluding hydrogens is 236 g/mol. The van der Waals surface area contributed by atoms with Gasteiger partial charge in [-0.1, -0.05) is 19.4 Å². The number of hydrogen-bond donors (Lipinski definition) is 2. The van der Waals surface area contributed by atoms with Crippen molar-refractivity contribution in [2.24, 2.45) is 5.92 Å². The third-order valence-electron chi connectivity index (χ3n) is 4.27. The number of amides is 1. The van der Waals surface area contributed by atoms with Gasteiger partial charge in [0, 0.05) is 17.3 Å². The number of benzene rings is 1. The molecule has 1 aromatic rings. The van der Waals surface area contributed by atoms with Crippen molar-refractivity contribution in [2.75, 3.05) is 5.73 Å². The lowest BCUT2D eigenvalue weighted by Gasteiger charge is -2.28. The SMILES string of the molecule is CCC1CCC(NC(=O)c2cc(N)ccc2C)CC1. The summed E-state index contributed by atoms with van der Waals surface area (Å²) in [6.07, 6.45) is 5.93. The molecule has 0 saturated heterocycles. The maximum absolute atomic E-state index is 12.3. The Labute approximate surface area is 115 Å². The van der Waals surface area contributed by atoms with Crippen molar-refractivity contribution in [3.63, 3.8) is 0 Å². The van der Waals surface area contributed by atoms with Gasteiger partial charge < -0.3 is 11.1 Å². The molecule has 1 fully saturated rings. The predicted molar refractivity (Wildman–Crippen MR) is 79.1 cm³/mol. The van der Waals surface area contributed by atoms with E-state index in [1.54, 1.807) is 6.07 Å². The standard InChI is InChI=1S/C16H24N2O/c1-3-12-5-8-14(9-6-12)18-16(19)15-10-13(17)7-4-11(15)2/h4,7,10,12,14H,3,5-6,8-9,17H2,1-2H3,(H,18,19). The summed E-state index contributed by atoms with van der Waals surface area (Å²) >= 11 is 0. The number of hydrogen-bond acceptors (Lipinski definition) is 2. The highest BCUT2D eigenvalue weighted by Crippen LogP contribution is 2.26. The van der Waals surface area contributed by atoms with E-state index in [0.29, 0.717) is 17.3 Å². The number of rotatable bonds is 3. The number of carbonyl (C=O) groups excluding carboxylic acids is 1. The average molecular weight is 260 g/mol. The normalized spacial score (nSPS) is 23.1. The topological polar surface area (TPSA) is 55.1 Å². The second-order valence-electron chi connectivity index (χ2n) is 5.67. The number of carbonyl (C=O) groups is 1. The fourth-order valence-corrected chi connectivity index (χ4v) is 2.86. The fourth-order valence-electron chi connectivity index (χ4n) is 2.86. The Kier molecular flexibility index (Phi) is 4.46. The molecule has 0 atom stereocenters. The molecular formula is C16H24N2O. The summed E-state index contributed by atoms with van der Waals surface area (Å²) in [6, 6.07) is 5.83. The first-order valence-corrected chi connectivity index (χ1v) is 7.27. The van der Waals surface area contributed by atoms with Crippen LogP contribution in [-0.4, -0.2) is 11.9 Å². The van der Waals surface area contributed by atoms with Gasteiger partial charge in [-0.15, -0.1) is 0 Å². The van der Waals surface area contributed by atoms with E-state index in [1.165, 1.54) is 19.3 Å². The number of aryl methyl sites for hydroxylation is 1. The highest BCUT2D eigenvalue weighted by atomic mass is 16.1. The van der Waals surface area contributed by atoms with Crippen molar-refractivity contribution in [1.82, 2.24) is 5.32 Å². The zero-order valence-corrected chi connectivity index (χ0v) is 11.9. The van der Waals surface area contributed by atoms with Gasteiger partial charge in [0.1, 0.15) is 0 Å². The van der Waals surface area contributed by atoms with E-state index in [2.05, 4.69) is 12.2 Å². The van der Waals surface area contributed by atoms with Crippen molar-refractivity contribution in [1.29, 1.82) is 0 Å². The van der Waals surface area contributed by atoms with Crippen LogP contribution in [0.5, 0.6) is 0 Å². The number of nitrogens with one attached hydrogen (secondary N) is 1. The van der Waals surface area contributed by atoms with Gasteiger partial charge >= 0.3 is 0 Å². The molecule has 104 valence electrons. The van der Waals surface area contributed by atoms with Gasteiger partial charge in [-0.2, -0.15) is 0 Å². The summed E-state index contributed by atoms with van der Waals surface area (Å²) in [5.41, 5.74) is 8.09. The maximum Gasteiger partial charge on any atom is 0.251 e. The van der Waals surface area contributed by atoms with Crippen molar-refractivity contribution in [3.8, 4) is 0 Å². The highest BCUT2D eigenvalue weighted by molar-refractivity contribution is 5.96. The van der Waals surface area contributed by atoms with Crippen molar-refractivity contribution in [3.05, 3.63) is 29.3 Å². The maximum atomic E-state index is 12.3. The Balaban J connectivity index is 1.96. The predicted octanol–water partition coefficient (Wildman–Crippen LogP) is 3.28. The summed E-state index contributed by atoms with van der Waals surface area (Å²) in [4.78, 5) is 12.3. The minimum Gasteiger partial charge on any atom is -0.399 e. The zero-order valence-electron chi connectivity index (χ0n) is 11.9. The van der Waals surface area contributed by atoms with Crippen molar-refractivity contribution in [2.45, 2.75) is 52.0 Å². The Morgan fingerprint density at radius 3 is 2.63 bits per heavy atom. The number of anilines is 1. The van der Waals surface area contributed by atoms with Crippen LogP contribution in [0.2, 0.25) is 0 Å². The van der Waals surface area contributed by atoms with E-state index in [0.717, 1.165) is 24.3 Å². The molecule has 0 aromatic heterocycles. The third kappa shape index (κ3) is 3.49. The molecule has 2 rings (SSSR count). The summed E-state index contributed by atoms with van der Waals surface area (Å²) < 4.78 is 0.